The Kier molecular flexibility index (Phi) is 6.44. The lowest BCUT2D eigenvalue weighted by molar-refractivity contribution is -0.130. The number of nitrogens with zero attached hydrogens (tertiary/aromatic N) is 1. The minimum Gasteiger partial charge on any atom is -0.503 e. The van der Waals surface area contributed by atoms with Gasteiger partial charge in [-0.2, -0.15) is 0 Å². The molecule has 0 saturated carbocycles. The van der Waals surface area contributed by atoms with Crippen LogP contribution in [0.25, 0.3) is 0 Å². The van der Waals surface area contributed by atoms with Crippen molar-refractivity contribution in [2.45, 2.75) is 38.8 Å². The Morgan fingerprint density at radius 3 is 2.47 bits per heavy atom. The van der Waals surface area contributed by atoms with Crippen molar-refractivity contribution in [3.8, 4) is 5.75 Å². The molecule has 0 fully saturated rings. The van der Waals surface area contributed by atoms with Gasteiger partial charge in [-0.1, -0.05) is 31.9 Å². The maximum Gasteiger partial charge on any atom is 0.290 e. The van der Waals surface area contributed by atoms with Crippen molar-refractivity contribution < 1.29 is 28.3 Å². The third-order valence-electron chi connectivity index (χ3n) is 5.41. The van der Waals surface area contributed by atoms with Gasteiger partial charge in [0.05, 0.1) is 37.3 Å². The van der Waals surface area contributed by atoms with Gasteiger partial charge in [0.15, 0.2) is 11.5 Å². The SMILES string of the molecule is CCCCCOc1ccc(C2C(C(=O)c3ccco3)=C(O)C(=O)N2Cc2ccco2)cc1. The van der Waals surface area contributed by atoms with Crippen LogP contribution in [0.1, 0.15) is 54.1 Å². The Morgan fingerprint density at radius 1 is 1.06 bits per heavy atom. The summed E-state index contributed by atoms with van der Waals surface area (Å²) in [4.78, 5) is 27.5. The molecule has 3 heterocycles. The molecule has 0 spiro atoms. The molecule has 0 bridgehead atoms. The number of benzene rings is 1. The van der Waals surface area contributed by atoms with Crippen molar-refractivity contribution in [1.29, 1.82) is 0 Å². The molecule has 4 rings (SSSR count). The van der Waals surface area contributed by atoms with Crippen molar-refractivity contribution in [1.82, 2.24) is 4.90 Å². The number of rotatable bonds is 10. The molecule has 3 aromatic rings. The van der Waals surface area contributed by atoms with Gasteiger partial charge >= 0.3 is 0 Å². The predicted octanol–water partition coefficient (Wildman–Crippen LogP) is 5.22. The standard InChI is InChI=1S/C25H25NO6/c1-2-3-4-13-30-18-11-9-17(10-12-18)22-21(23(27)20-8-6-15-32-20)24(28)25(29)26(22)16-19-7-5-14-31-19/h5-12,14-15,22,28H,2-4,13,16H2,1H3. The Labute approximate surface area is 185 Å². The van der Waals surface area contributed by atoms with E-state index in [1.807, 2.05) is 0 Å². The van der Waals surface area contributed by atoms with Crippen LogP contribution >= 0.6 is 0 Å². The van der Waals surface area contributed by atoms with Crippen LogP contribution in [0.3, 0.4) is 0 Å². The fourth-order valence-corrected chi connectivity index (χ4v) is 3.79. The van der Waals surface area contributed by atoms with Crippen LogP contribution in [-0.4, -0.2) is 28.3 Å². The van der Waals surface area contributed by atoms with Crippen molar-refractivity contribution in [3.05, 3.63) is 89.5 Å². The lowest BCUT2D eigenvalue weighted by atomic mass is 9.95. The maximum absolute atomic E-state index is 13.1. The number of aliphatic hydroxyl groups is 1. The molecule has 1 atom stereocenters. The van der Waals surface area contributed by atoms with Gasteiger partial charge in [0.1, 0.15) is 11.5 Å². The number of hydrogen-bond donors (Lipinski definition) is 1. The van der Waals surface area contributed by atoms with Gasteiger partial charge in [0.2, 0.25) is 5.78 Å². The molecule has 1 aliphatic rings. The molecule has 0 radical (unpaired) electrons. The van der Waals surface area contributed by atoms with Crippen molar-refractivity contribution >= 4 is 11.7 Å². The molecule has 1 amide bonds. The Bertz CT molecular complexity index is 1080. The molecule has 0 saturated heterocycles. The molecule has 1 aliphatic heterocycles. The molecule has 1 aromatic carbocycles. The van der Waals surface area contributed by atoms with Gasteiger partial charge in [0.25, 0.3) is 5.91 Å². The minimum atomic E-state index is -0.792. The van der Waals surface area contributed by atoms with Crippen LogP contribution in [0.5, 0.6) is 5.75 Å². The Hall–Kier alpha value is -3.74. The first kappa shape index (κ1) is 21.5. The molecule has 7 heteroatoms. The van der Waals surface area contributed by atoms with Crippen molar-refractivity contribution in [2.75, 3.05) is 6.61 Å². The normalized spacial score (nSPS) is 16.1. The number of carbonyl (C=O) groups is 2. The first-order chi connectivity index (χ1) is 15.6. The highest BCUT2D eigenvalue weighted by Crippen LogP contribution is 2.40. The molecule has 1 unspecified atom stereocenters. The smallest absolute Gasteiger partial charge is 0.290 e. The van der Waals surface area contributed by atoms with E-state index in [1.54, 1.807) is 42.5 Å². The van der Waals surface area contributed by atoms with Gasteiger partial charge in [-0.3, -0.25) is 9.59 Å². The van der Waals surface area contributed by atoms with Crippen LogP contribution in [-0.2, 0) is 11.3 Å². The molecular formula is C25H25NO6. The summed E-state index contributed by atoms with van der Waals surface area (Å²) in [6, 6.07) is 13.0. The summed E-state index contributed by atoms with van der Waals surface area (Å²) in [6.45, 7) is 2.87. The summed E-state index contributed by atoms with van der Waals surface area (Å²) in [6.07, 6.45) is 6.09. The highest BCUT2D eigenvalue weighted by atomic mass is 16.5. The van der Waals surface area contributed by atoms with Gasteiger partial charge in [-0.25, -0.2) is 0 Å². The second-order valence-electron chi connectivity index (χ2n) is 7.61. The van der Waals surface area contributed by atoms with E-state index in [1.165, 1.54) is 23.5 Å². The topological polar surface area (TPSA) is 93.1 Å². The second-order valence-corrected chi connectivity index (χ2v) is 7.61. The number of ether oxygens (including phenoxy) is 1. The van der Waals surface area contributed by atoms with Crippen molar-refractivity contribution in [3.63, 3.8) is 0 Å². The lowest BCUT2D eigenvalue weighted by Crippen LogP contribution is -2.30. The number of amides is 1. The number of furan rings is 2. The van der Waals surface area contributed by atoms with Crippen LogP contribution in [0, 0.1) is 0 Å². The zero-order chi connectivity index (χ0) is 22.5. The number of carbonyl (C=O) groups excluding carboxylic acids is 2. The third-order valence-corrected chi connectivity index (χ3v) is 5.41. The van der Waals surface area contributed by atoms with Crippen molar-refractivity contribution in [2.24, 2.45) is 0 Å². The first-order valence-corrected chi connectivity index (χ1v) is 10.7. The van der Waals surface area contributed by atoms with Crippen LogP contribution in [0.15, 0.2) is 81.2 Å². The predicted molar refractivity (Wildman–Crippen MR) is 116 cm³/mol. The van der Waals surface area contributed by atoms with E-state index in [9.17, 15) is 14.7 Å². The lowest BCUT2D eigenvalue weighted by Gasteiger charge is -2.26. The molecule has 2 aromatic heterocycles. The largest absolute Gasteiger partial charge is 0.503 e. The minimum absolute atomic E-state index is 0.0203. The van der Waals surface area contributed by atoms with Gasteiger partial charge in [-0.05, 0) is 48.4 Å². The summed E-state index contributed by atoms with van der Waals surface area (Å²) in [5, 5.41) is 10.6. The van der Waals surface area contributed by atoms with Crippen LogP contribution in [0.4, 0.5) is 0 Å². The molecular weight excluding hydrogens is 410 g/mol. The summed E-state index contributed by atoms with van der Waals surface area (Å²) >= 11 is 0. The van der Waals surface area contributed by atoms with E-state index in [0.717, 1.165) is 19.3 Å². The Balaban J connectivity index is 1.65. The van der Waals surface area contributed by atoms with E-state index in [0.29, 0.717) is 23.7 Å². The number of Topliss-reactive ketones (excluding diaryl/α,β-unsaturated/α-hetero) is 1. The maximum atomic E-state index is 13.1. The van der Waals surface area contributed by atoms with Gasteiger partial charge in [-0.15, -0.1) is 0 Å². The van der Waals surface area contributed by atoms with E-state index in [4.69, 9.17) is 13.6 Å². The average Bonchev–Trinajstić information content (AvgIpc) is 3.56. The molecule has 0 aliphatic carbocycles. The summed E-state index contributed by atoms with van der Waals surface area (Å²) < 4.78 is 16.4. The number of ketones is 1. The molecule has 1 N–H and O–H groups in total. The zero-order valence-corrected chi connectivity index (χ0v) is 17.8. The number of hydrogen-bond acceptors (Lipinski definition) is 6. The highest BCUT2D eigenvalue weighted by Gasteiger charge is 2.44. The molecule has 32 heavy (non-hydrogen) atoms. The fraction of sp³-hybridized carbons (Fsp3) is 0.280. The summed E-state index contributed by atoms with van der Waals surface area (Å²) in [5.74, 6) is -0.450. The monoisotopic (exact) mass is 435 g/mol. The molecule has 7 nitrogen and oxygen atoms in total. The second kappa shape index (κ2) is 9.60. The number of aliphatic hydroxyl groups excluding tert-OH is 1. The Morgan fingerprint density at radius 2 is 1.81 bits per heavy atom. The first-order valence-electron chi connectivity index (χ1n) is 10.7. The zero-order valence-electron chi connectivity index (χ0n) is 17.8. The van der Waals surface area contributed by atoms with Crippen LogP contribution < -0.4 is 4.74 Å². The quantitative estimate of drug-likeness (QED) is 0.347. The average molecular weight is 435 g/mol. The van der Waals surface area contributed by atoms with E-state index in [2.05, 4.69) is 6.92 Å². The van der Waals surface area contributed by atoms with E-state index in [-0.39, 0.29) is 17.9 Å². The van der Waals surface area contributed by atoms with Gasteiger partial charge in [0, 0.05) is 0 Å². The summed E-state index contributed by atoms with van der Waals surface area (Å²) in [7, 11) is 0. The van der Waals surface area contributed by atoms with Gasteiger partial charge < -0.3 is 23.6 Å². The summed E-state index contributed by atoms with van der Waals surface area (Å²) in [5.41, 5.74) is 0.651. The highest BCUT2D eigenvalue weighted by molar-refractivity contribution is 6.14. The number of unbranched alkanes of at least 4 members (excludes halogenated alkanes) is 2. The van der Waals surface area contributed by atoms with Crippen LogP contribution in [0.2, 0.25) is 0 Å². The van der Waals surface area contributed by atoms with E-state index < -0.39 is 23.5 Å². The third kappa shape index (κ3) is 4.32. The fourth-order valence-electron chi connectivity index (χ4n) is 3.79. The molecule has 166 valence electrons. The van der Waals surface area contributed by atoms with E-state index >= 15 is 0 Å².